The van der Waals surface area contributed by atoms with Gasteiger partial charge in [-0.25, -0.2) is 9.97 Å². The van der Waals surface area contributed by atoms with E-state index in [1.165, 1.54) is 0 Å². The molecule has 1 amide bonds. The minimum atomic E-state index is -0.879. The lowest BCUT2D eigenvalue weighted by Crippen LogP contribution is -2.24. The van der Waals surface area contributed by atoms with E-state index in [2.05, 4.69) is 30.6 Å². The second-order valence-electron chi connectivity index (χ2n) is 6.51. The van der Waals surface area contributed by atoms with Crippen molar-refractivity contribution < 1.29 is 14.7 Å². The number of nitrogens with zero attached hydrogens (tertiary/aromatic N) is 4. The standard InChI is InChI=1S/C19H22N8O3/c20-16-15-17(27-19(21)26-16)24-10-13(25-15)7-9-22-12-5-3-11(4-6-12)18(30)23-8-1-2-14(28)29/h3-6,10,22H,1-2,7-9H2,(H,23,30)(H,28,29)(H4,20,21,24,26,27). The number of carbonyl (C=O) groups excluding carboxylic acids is 1. The smallest absolute Gasteiger partial charge is 0.303 e. The van der Waals surface area contributed by atoms with E-state index in [0.717, 1.165) is 11.4 Å². The summed E-state index contributed by atoms with van der Waals surface area (Å²) in [6.07, 6.45) is 2.63. The number of carboxylic acids is 1. The molecule has 0 aliphatic carbocycles. The van der Waals surface area contributed by atoms with Gasteiger partial charge >= 0.3 is 5.97 Å². The molecule has 0 aliphatic heterocycles. The lowest BCUT2D eigenvalue weighted by molar-refractivity contribution is -0.137. The van der Waals surface area contributed by atoms with Crippen LogP contribution in [0.3, 0.4) is 0 Å². The van der Waals surface area contributed by atoms with Crippen LogP contribution in [0.4, 0.5) is 17.5 Å². The van der Waals surface area contributed by atoms with Crippen molar-refractivity contribution in [3.63, 3.8) is 0 Å². The number of carboxylic acid groups (broad SMARTS) is 1. The Labute approximate surface area is 172 Å². The van der Waals surface area contributed by atoms with Crippen LogP contribution in [-0.4, -0.2) is 50.0 Å². The second-order valence-corrected chi connectivity index (χ2v) is 6.51. The minimum Gasteiger partial charge on any atom is -0.481 e. The van der Waals surface area contributed by atoms with E-state index in [1.807, 2.05) is 0 Å². The molecule has 11 heteroatoms. The van der Waals surface area contributed by atoms with Gasteiger partial charge in [0.05, 0.1) is 11.9 Å². The molecule has 0 saturated heterocycles. The highest BCUT2D eigenvalue weighted by Crippen LogP contribution is 2.15. The fourth-order valence-corrected chi connectivity index (χ4v) is 2.72. The number of carbonyl (C=O) groups is 2. The minimum absolute atomic E-state index is 0.0262. The first-order valence-corrected chi connectivity index (χ1v) is 9.31. The van der Waals surface area contributed by atoms with Crippen LogP contribution in [0.5, 0.6) is 0 Å². The van der Waals surface area contributed by atoms with Gasteiger partial charge in [0.25, 0.3) is 5.91 Å². The monoisotopic (exact) mass is 410 g/mol. The SMILES string of the molecule is Nc1nc(N)c2nc(CCNc3ccc(C(=O)NCCCC(=O)O)cc3)cnc2n1. The number of anilines is 3. The van der Waals surface area contributed by atoms with Crippen molar-refractivity contribution >= 4 is 40.5 Å². The Morgan fingerprint density at radius 2 is 1.80 bits per heavy atom. The fraction of sp³-hybridized carbons (Fsp3) is 0.263. The summed E-state index contributed by atoms with van der Waals surface area (Å²) in [5, 5.41) is 14.5. The van der Waals surface area contributed by atoms with Crippen LogP contribution in [-0.2, 0) is 11.2 Å². The van der Waals surface area contributed by atoms with E-state index in [-0.39, 0.29) is 24.1 Å². The van der Waals surface area contributed by atoms with E-state index >= 15 is 0 Å². The number of fused-ring (bicyclic) bond motifs is 1. The number of rotatable bonds is 9. The van der Waals surface area contributed by atoms with Crippen molar-refractivity contribution in [2.24, 2.45) is 0 Å². The zero-order valence-electron chi connectivity index (χ0n) is 16.1. The molecule has 3 rings (SSSR count). The molecule has 3 aromatic rings. The molecule has 7 N–H and O–H groups in total. The third-order valence-corrected chi connectivity index (χ3v) is 4.21. The van der Waals surface area contributed by atoms with E-state index in [4.69, 9.17) is 16.6 Å². The molecule has 0 fully saturated rings. The molecular weight excluding hydrogens is 388 g/mol. The van der Waals surface area contributed by atoms with Crippen LogP contribution >= 0.6 is 0 Å². The van der Waals surface area contributed by atoms with Crippen LogP contribution in [0.2, 0.25) is 0 Å². The predicted molar refractivity (Wildman–Crippen MR) is 112 cm³/mol. The zero-order chi connectivity index (χ0) is 21.5. The molecule has 0 aliphatic rings. The summed E-state index contributed by atoms with van der Waals surface area (Å²) in [6, 6.07) is 7.00. The molecule has 2 aromatic heterocycles. The van der Waals surface area contributed by atoms with Crippen LogP contribution in [0.15, 0.2) is 30.5 Å². The van der Waals surface area contributed by atoms with E-state index < -0.39 is 5.97 Å². The molecule has 0 spiro atoms. The first-order chi connectivity index (χ1) is 14.4. The van der Waals surface area contributed by atoms with E-state index in [9.17, 15) is 9.59 Å². The number of benzene rings is 1. The van der Waals surface area contributed by atoms with Crippen molar-refractivity contribution in [1.29, 1.82) is 0 Å². The first kappa shape index (κ1) is 20.7. The second kappa shape index (κ2) is 9.45. The Kier molecular flexibility index (Phi) is 6.53. The summed E-state index contributed by atoms with van der Waals surface area (Å²) in [7, 11) is 0. The molecular formula is C19H22N8O3. The van der Waals surface area contributed by atoms with Gasteiger partial charge in [-0.05, 0) is 30.7 Å². The topological polar surface area (TPSA) is 182 Å². The highest BCUT2D eigenvalue weighted by Gasteiger charge is 2.08. The highest BCUT2D eigenvalue weighted by atomic mass is 16.4. The summed E-state index contributed by atoms with van der Waals surface area (Å²) < 4.78 is 0. The number of aliphatic carboxylic acids is 1. The Morgan fingerprint density at radius 1 is 1.03 bits per heavy atom. The van der Waals surface area contributed by atoms with Crippen LogP contribution in [0.1, 0.15) is 28.9 Å². The van der Waals surface area contributed by atoms with Gasteiger partial charge in [-0.1, -0.05) is 0 Å². The number of nitrogens with one attached hydrogen (secondary N) is 2. The normalized spacial score (nSPS) is 10.7. The maximum Gasteiger partial charge on any atom is 0.303 e. The van der Waals surface area contributed by atoms with Gasteiger partial charge in [-0.15, -0.1) is 0 Å². The summed E-state index contributed by atoms with van der Waals surface area (Å²) in [5.74, 6) is -0.868. The number of hydrogen-bond acceptors (Lipinski definition) is 9. The maximum atomic E-state index is 12.0. The molecule has 11 nitrogen and oxygen atoms in total. The van der Waals surface area contributed by atoms with Crippen molar-refractivity contribution in [2.45, 2.75) is 19.3 Å². The molecule has 2 heterocycles. The van der Waals surface area contributed by atoms with Crippen molar-refractivity contribution in [2.75, 3.05) is 29.9 Å². The average molecular weight is 410 g/mol. The Balaban J connectivity index is 1.50. The van der Waals surface area contributed by atoms with Crippen molar-refractivity contribution in [3.8, 4) is 0 Å². The summed E-state index contributed by atoms with van der Waals surface area (Å²) in [5.41, 5.74) is 14.2. The van der Waals surface area contributed by atoms with Crippen LogP contribution in [0.25, 0.3) is 11.2 Å². The van der Waals surface area contributed by atoms with Gasteiger partial charge in [-0.3, -0.25) is 9.59 Å². The van der Waals surface area contributed by atoms with Crippen LogP contribution in [0, 0.1) is 0 Å². The number of amides is 1. The average Bonchev–Trinajstić information content (AvgIpc) is 2.71. The van der Waals surface area contributed by atoms with Gasteiger partial charge in [0.2, 0.25) is 5.95 Å². The molecule has 0 atom stereocenters. The summed E-state index contributed by atoms with van der Waals surface area (Å²) >= 11 is 0. The molecule has 30 heavy (non-hydrogen) atoms. The van der Waals surface area contributed by atoms with Crippen molar-refractivity contribution in [1.82, 2.24) is 25.3 Å². The number of hydrogen-bond donors (Lipinski definition) is 5. The zero-order valence-corrected chi connectivity index (χ0v) is 16.1. The largest absolute Gasteiger partial charge is 0.481 e. The molecule has 0 saturated carbocycles. The van der Waals surface area contributed by atoms with E-state index in [1.54, 1.807) is 30.5 Å². The first-order valence-electron chi connectivity index (χ1n) is 9.31. The Hall–Kier alpha value is -4.02. The maximum absolute atomic E-state index is 12.0. The van der Waals surface area contributed by atoms with Gasteiger partial charge in [0.1, 0.15) is 0 Å². The summed E-state index contributed by atoms with van der Waals surface area (Å²) in [6.45, 7) is 0.913. The third-order valence-electron chi connectivity index (χ3n) is 4.21. The number of nitrogen functional groups attached to an aromatic ring is 2. The highest BCUT2D eigenvalue weighted by molar-refractivity contribution is 5.94. The molecule has 156 valence electrons. The number of aromatic nitrogens is 4. The predicted octanol–water partition coefficient (Wildman–Crippen LogP) is 0.833. The van der Waals surface area contributed by atoms with Gasteiger partial charge in [0, 0.05) is 37.2 Å². The lowest BCUT2D eigenvalue weighted by Gasteiger charge is -2.08. The molecule has 0 unspecified atom stereocenters. The molecule has 0 radical (unpaired) electrons. The third kappa shape index (κ3) is 5.50. The van der Waals surface area contributed by atoms with Gasteiger partial charge in [0.15, 0.2) is 17.0 Å². The Bertz CT molecular complexity index is 1060. The lowest BCUT2D eigenvalue weighted by atomic mass is 10.2. The van der Waals surface area contributed by atoms with Gasteiger partial charge < -0.3 is 27.2 Å². The van der Waals surface area contributed by atoms with Gasteiger partial charge in [-0.2, -0.15) is 9.97 Å². The van der Waals surface area contributed by atoms with E-state index in [0.29, 0.717) is 42.7 Å². The molecule has 0 bridgehead atoms. The van der Waals surface area contributed by atoms with Crippen LogP contribution < -0.4 is 22.1 Å². The van der Waals surface area contributed by atoms with Crippen molar-refractivity contribution in [3.05, 3.63) is 41.7 Å². The fourth-order valence-electron chi connectivity index (χ4n) is 2.72. The molecule has 1 aromatic carbocycles. The number of nitrogens with two attached hydrogens (primary N) is 2. The quantitative estimate of drug-likeness (QED) is 0.317. The summed E-state index contributed by atoms with van der Waals surface area (Å²) in [4.78, 5) is 39.0. The Morgan fingerprint density at radius 3 is 2.53 bits per heavy atom.